The summed E-state index contributed by atoms with van der Waals surface area (Å²) in [7, 11) is 0. The number of hydrogen-bond acceptors (Lipinski definition) is 6. The molecule has 1 unspecified atom stereocenters. The number of aryl methyl sites for hydroxylation is 2. The van der Waals surface area contributed by atoms with Crippen molar-refractivity contribution in [1.82, 2.24) is 15.0 Å². The number of thiazole rings is 1. The molecule has 1 amide bonds. The van der Waals surface area contributed by atoms with Crippen molar-refractivity contribution in [2.24, 2.45) is 0 Å². The van der Waals surface area contributed by atoms with Gasteiger partial charge in [0.1, 0.15) is 5.76 Å². The summed E-state index contributed by atoms with van der Waals surface area (Å²) < 4.78 is 10.3. The number of likely N-dealkylation sites (tertiary alicyclic amines) is 1. The lowest BCUT2D eigenvalue weighted by molar-refractivity contribution is -0.134. The van der Waals surface area contributed by atoms with Crippen molar-refractivity contribution in [3.63, 3.8) is 0 Å². The van der Waals surface area contributed by atoms with Crippen molar-refractivity contribution >= 4 is 17.2 Å². The Morgan fingerprint density at radius 3 is 3.09 bits per heavy atom. The van der Waals surface area contributed by atoms with E-state index in [0.29, 0.717) is 24.1 Å². The number of piperidine rings is 1. The Labute approximate surface area is 133 Å². The molecule has 3 heterocycles. The molecule has 2 aromatic heterocycles. The Hall–Kier alpha value is -1.89. The van der Waals surface area contributed by atoms with Gasteiger partial charge in [-0.2, -0.15) is 0 Å². The zero-order valence-corrected chi connectivity index (χ0v) is 13.6. The summed E-state index contributed by atoms with van der Waals surface area (Å²) in [6.07, 6.45) is 2.08. The van der Waals surface area contributed by atoms with Gasteiger partial charge >= 0.3 is 0 Å². The number of aromatic nitrogens is 2. The molecule has 1 aliphatic rings. The van der Waals surface area contributed by atoms with Crippen LogP contribution in [-0.2, 0) is 4.79 Å². The predicted octanol–water partition coefficient (Wildman–Crippen LogP) is 2.53. The van der Waals surface area contributed by atoms with Crippen LogP contribution in [0.5, 0.6) is 5.88 Å². The van der Waals surface area contributed by atoms with Gasteiger partial charge in [-0.1, -0.05) is 0 Å². The first-order valence-electron chi connectivity index (χ1n) is 7.38. The fourth-order valence-corrected chi connectivity index (χ4v) is 3.53. The lowest BCUT2D eigenvalue weighted by Gasteiger charge is -2.31. The average Bonchev–Trinajstić information content (AvgIpc) is 3.13. The van der Waals surface area contributed by atoms with E-state index in [-0.39, 0.29) is 12.5 Å². The van der Waals surface area contributed by atoms with Crippen molar-refractivity contribution < 1.29 is 14.1 Å². The van der Waals surface area contributed by atoms with Gasteiger partial charge in [0, 0.05) is 36.1 Å². The normalized spacial score (nSPS) is 18.5. The van der Waals surface area contributed by atoms with E-state index in [9.17, 15) is 4.79 Å². The second kappa shape index (κ2) is 6.48. The molecule has 1 fully saturated rings. The van der Waals surface area contributed by atoms with Crippen LogP contribution in [0.2, 0.25) is 0 Å². The first-order chi connectivity index (χ1) is 10.6. The number of amides is 1. The molecule has 118 valence electrons. The van der Waals surface area contributed by atoms with Crippen molar-refractivity contribution in [3.8, 4) is 5.88 Å². The highest BCUT2D eigenvalue weighted by Crippen LogP contribution is 2.29. The predicted molar refractivity (Wildman–Crippen MR) is 82.1 cm³/mol. The quantitative estimate of drug-likeness (QED) is 0.865. The Bertz CT molecular complexity index is 652. The van der Waals surface area contributed by atoms with E-state index >= 15 is 0 Å². The second-order valence-corrected chi connectivity index (χ2v) is 6.46. The van der Waals surface area contributed by atoms with Crippen LogP contribution in [0, 0.1) is 13.8 Å². The first kappa shape index (κ1) is 15.0. The monoisotopic (exact) mass is 321 g/mol. The van der Waals surface area contributed by atoms with Crippen LogP contribution < -0.4 is 4.74 Å². The SMILES string of the molecule is Cc1csc(C2CCCN(C(=O)COc3cc(C)on3)C2)n1. The summed E-state index contributed by atoms with van der Waals surface area (Å²) in [5.74, 6) is 1.35. The van der Waals surface area contributed by atoms with E-state index in [1.165, 1.54) is 0 Å². The van der Waals surface area contributed by atoms with Crippen LogP contribution in [0.3, 0.4) is 0 Å². The van der Waals surface area contributed by atoms with Gasteiger partial charge in [-0.3, -0.25) is 4.79 Å². The molecular weight excluding hydrogens is 302 g/mol. The highest BCUT2D eigenvalue weighted by atomic mass is 32.1. The molecule has 2 aromatic rings. The van der Waals surface area contributed by atoms with E-state index in [4.69, 9.17) is 9.26 Å². The van der Waals surface area contributed by atoms with Crippen molar-refractivity contribution in [1.29, 1.82) is 0 Å². The van der Waals surface area contributed by atoms with E-state index in [0.717, 1.165) is 30.1 Å². The number of rotatable bonds is 4. The summed E-state index contributed by atoms with van der Waals surface area (Å²) in [6.45, 7) is 5.27. The molecule has 1 saturated heterocycles. The van der Waals surface area contributed by atoms with Gasteiger partial charge in [0.2, 0.25) is 0 Å². The molecule has 0 aromatic carbocycles. The molecule has 0 aliphatic carbocycles. The topological polar surface area (TPSA) is 68.5 Å². The fourth-order valence-electron chi connectivity index (χ4n) is 2.60. The molecule has 0 spiro atoms. The van der Waals surface area contributed by atoms with Crippen LogP contribution in [0.1, 0.15) is 35.2 Å². The number of nitrogens with zero attached hydrogens (tertiary/aromatic N) is 3. The van der Waals surface area contributed by atoms with Gasteiger partial charge in [0.15, 0.2) is 6.61 Å². The van der Waals surface area contributed by atoms with Crippen LogP contribution in [0.4, 0.5) is 0 Å². The Balaban J connectivity index is 1.55. The minimum Gasteiger partial charge on any atom is -0.465 e. The van der Waals surface area contributed by atoms with Gasteiger partial charge in [-0.15, -0.1) is 11.3 Å². The number of carbonyl (C=O) groups excluding carboxylic acids is 1. The first-order valence-corrected chi connectivity index (χ1v) is 8.25. The third-order valence-corrected chi connectivity index (χ3v) is 4.84. The Kier molecular flexibility index (Phi) is 4.42. The smallest absolute Gasteiger partial charge is 0.260 e. The van der Waals surface area contributed by atoms with Gasteiger partial charge in [0.25, 0.3) is 11.8 Å². The summed E-state index contributed by atoms with van der Waals surface area (Å²) in [5.41, 5.74) is 1.05. The van der Waals surface area contributed by atoms with E-state index in [2.05, 4.69) is 15.5 Å². The maximum Gasteiger partial charge on any atom is 0.260 e. The van der Waals surface area contributed by atoms with Crippen LogP contribution in [0.25, 0.3) is 0 Å². The zero-order valence-electron chi connectivity index (χ0n) is 12.7. The molecule has 1 atom stereocenters. The number of carbonyl (C=O) groups is 1. The van der Waals surface area contributed by atoms with Gasteiger partial charge in [-0.25, -0.2) is 4.98 Å². The van der Waals surface area contributed by atoms with Gasteiger partial charge in [-0.05, 0) is 31.8 Å². The highest BCUT2D eigenvalue weighted by Gasteiger charge is 2.26. The lowest BCUT2D eigenvalue weighted by Crippen LogP contribution is -2.41. The maximum absolute atomic E-state index is 12.3. The zero-order chi connectivity index (χ0) is 15.5. The second-order valence-electron chi connectivity index (χ2n) is 5.57. The van der Waals surface area contributed by atoms with Crippen LogP contribution in [0.15, 0.2) is 16.0 Å². The largest absolute Gasteiger partial charge is 0.465 e. The van der Waals surface area contributed by atoms with Gasteiger partial charge in [0.05, 0.1) is 5.01 Å². The van der Waals surface area contributed by atoms with Crippen LogP contribution >= 0.6 is 11.3 Å². The van der Waals surface area contributed by atoms with Gasteiger partial charge < -0.3 is 14.2 Å². The molecule has 1 aliphatic heterocycles. The van der Waals surface area contributed by atoms with Crippen molar-refractivity contribution in [2.45, 2.75) is 32.6 Å². The standard InChI is InChI=1S/C15H19N3O3S/c1-10-9-22-15(16-10)12-4-3-5-18(7-12)14(19)8-20-13-6-11(2)21-17-13/h6,9,12H,3-5,7-8H2,1-2H3. The molecule has 3 rings (SSSR count). The molecule has 0 bridgehead atoms. The Morgan fingerprint density at radius 2 is 2.41 bits per heavy atom. The minimum atomic E-state index is -0.0152. The van der Waals surface area contributed by atoms with E-state index < -0.39 is 0 Å². The molecule has 0 radical (unpaired) electrons. The Morgan fingerprint density at radius 1 is 1.55 bits per heavy atom. The third kappa shape index (κ3) is 3.47. The summed E-state index contributed by atoms with van der Waals surface area (Å²) in [5, 5.41) is 6.91. The highest BCUT2D eigenvalue weighted by molar-refractivity contribution is 7.09. The van der Waals surface area contributed by atoms with E-state index in [1.807, 2.05) is 11.8 Å². The van der Waals surface area contributed by atoms with Crippen molar-refractivity contribution in [2.75, 3.05) is 19.7 Å². The third-order valence-electron chi connectivity index (χ3n) is 3.71. The van der Waals surface area contributed by atoms with Crippen LogP contribution in [-0.4, -0.2) is 40.6 Å². The minimum absolute atomic E-state index is 0.00437. The molecular formula is C15H19N3O3S. The van der Waals surface area contributed by atoms with Crippen molar-refractivity contribution in [3.05, 3.63) is 27.9 Å². The molecule has 6 nitrogen and oxygen atoms in total. The fraction of sp³-hybridized carbons (Fsp3) is 0.533. The number of ether oxygens (including phenoxy) is 1. The van der Waals surface area contributed by atoms with E-state index in [1.54, 1.807) is 24.3 Å². The summed E-state index contributed by atoms with van der Waals surface area (Å²) >= 11 is 1.68. The molecule has 0 N–H and O–H groups in total. The average molecular weight is 321 g/mol. The molecule has 7 heteroatoms. The molecule has 0 saturated carbocycles. The summed E-state index contributed by atoms with van der Waals surface area (Å²) in [6, 6.07) is 1.67. The lowest BCUT2D eigenvalue weighted by atomic mass is 9.99. The molecule has 22 heavy (non-hydrogen) atoms. The number of hydrogen-bond donors (Lipinski definition) is 0. The summed E-state index contributed by atoms with van der Waals surface area (Å²) in [4.78, 5) is 18.7. The maximum atomic E-state index is 12.3.